The van der Waals surface area contributed by atoms with Crippen LogP contribution in [0.2, 0.25) is 0 Å². The van der Waals surface area contributed by atoms with E-state index in [1.807, 2.05) is 0 Å². The Kier molecular flexibility index (Phi) is 4.58. The molecule has 1 aromatic rings. The maximum absolute atomic E-state index is 9.54. The minimum atomic E-state index is -0.435. The molecule has 0 bridgehead atoms. The van der Waals surface area contributed by atoms with Crippen molar-refractivity contribution in [3.63, 3.8) is 0 Å². The predicted octanol–water partition coefficient (Wildman–Crippen LogP) is 2.75. The molecular formula is C14H24N2O3. The molecule has 1 fully saturated rings. The van der Waals surface area contributed by atoms with Crippen molar-refractivity contribution in [1.29, 1.82) is 0 Å². The Hall–Kier alpha value is -0.940. The topological polar surface area (TPSA) is 68.4 Å². The summed E-state index contributed by atoms with van der Waals surface area (Å²) in [6.45, 7) is 4.14. The monoisotopic (exact) mass is 268 g/mol. The quantitative estimate of drug-likeness (QED) is 0.889. The number of hydrogen-bond acceptors (Lipinski definition) is 5. The summed E-state index contributed by atoms with van der Waals surface area (Å²) in [7, 11) is 1.69. The molecule has 0 amide bonds. The second-order valence-corrected chi connectivity index (χ2v) is 5.37. The largest absolute Gasteiger partial charge is 0.393 e. The van der Waals surface area contributed by atoms with E-state index in [2.05, 4.69) is 24.0 Å². The molecule has 0 aliphatic heterocycles. The Morgan fingerprint density at radius 3 is 2.42 bits per heavy atom. The van der Waals surface area contributed by atoms with Gasteiger partial charge in [-0.25, -0.2) is 0 Å². The fourth-order valence-corrected chi connectivity index (χ4v) is 2.86. The zero-order chi connectivity index (χ0) is 13.9. The van der Waals surface area contributed by atoms with E-state index in [1.165, 1.54) is 0 Å². The van der Waals surface area contributed by atoms with Crippen molar-refractivity contribution in [2.75, 3.05) is 7.11 Å². The molecule has 5 nitrogen and oxygen atoms in total. The van der Waals surface area contributed by atoms with E-state index in [0.717, 1.165) is 38.5 Å². The number of methoxy groups -OCH3 is 1. The van der Waals surface area contributed by atoms with Gasteiger partial charge >= 0.3 is 0 Å². The number of aliphatic hydroxyl groups is 1. The van der Waals surface area contributed by atoms with Crippen LogP contribution in [0.4, 0.5) is 0 Å². The first-order valence-electron chi connectivity index (χ1n) is 7.22. The average molecular weight is 268 g/mol. The van der Waals surface area contributed by atoms with Gasteiger partial charge in [0.05, 0.1) is 6.10 Å². The zero-order valence-corrected chi connectivity index (χ0v) is 12.1. The van der Waals surface area contributed by atoms with Gasteiger partial charge in [-0.1, -0.05) is 19.0 Å². The number of ether oxygens (including phenoxy) is 1. The van der Waals surface area contributed by atoms with Crippen molar-refractivity contribution in [3.8, 4) is 0 Å². The lowest BCUT2D eigenvalue weighted by Crippen LogP contribution is -2.28. The van der Waals surface area contributed by atoms with E-state index in [0.29, 0.717) is 11.7 Å². The molecule has 1 aromatic heterocycles. The van der Waals surface area contributed by atoms with Crippen LogP contribution in [0.1, 0.15) is 70.0 Å². The Balaban J connectivity index is 2.14. The van der Waals surface area contributed by atoms with Gasteiger partial charge < -0.3 is 14.4 Å². The number of rotatable bonds is 5. The SMILES string of the molecule is CCC(CC)(OC)c1noc(C2CCC(O)CC2)n1. The number of aromatic nitrogens is 2. The molecule has 19 heavy (non-hydrogen) atoms. The van der Waals surface area contributed by atoms with Crippen molar-refractivity contribution in [1.82, 2.24) is 10.1 Å². The normalized spacial score (nSPS) is 24.6. The van der Waals surface area contributed by atoms with Gasteiger partial charge in [0.2, 0.25) is 11.7 Å². The summed E-state index contributed by atoms with van der Waals surface area (Å²) in [6.07, 6.45) is 4.95. The van der Waals surface area contributed by atoms with Crippen LogP contribution in [0.5, 0.6) is 0 Å². The van der Waals surface area contributed by atoms with E-state index in [9.17, 15) is 5.11 Å². The number of hydrogen-bond donors (Lipinski definition) is 1. The molecule has 0 saturated heterocycles. The highest BCUT2D eigenvalue weighted by molar-refractivity contribution is 5.04. The summed E-state index contributed by atoms with van der Waals surface area (Å²) in [5.41, 5.74) is -0.435. The minimum Gasteiger partial charge on any atom is -0.393 e. The van der Waals surface area contributed by atoms with Crippen LogP contribution in [0.3, 0.4) is 0 Å². The third kappa shape index (κ3) is 2.82. The van der Waals surface area contributed by atoms with E-state index in [4.69, 9.17) is 9.26 Å². The summed E-state index contributed by atoms with van der Waals surface area (Å²) >= 11 is 0. The zero-order valence-electron chi connectivity index (χ0n) is 12.1. The van der Waals surface area contributed by atoms with Crippen LogP contribution in [0, 0.1) is 0 Å². The van der Waals surface area contributed by atoms with Gasteiger partial charge in [0.15, 0.2) is 0 Å². The van der Waals surface area contributed by atoms with Gasteiger partial charge in [0, 0.05) is 13.0 Å². The second-order valence-electron chi connectivity index (χ2n) is 5.37. The lowest BCUT2D eigenvalue weighted by Gasteiger charge is -2.26. The number of aliphatic hydroxyl groups excluding tert-OH is 1. The summed E-state index contributed by atoms with van der Waals surface area (Å²) in [4.78, 5) is 4.56. The molecule has 5 heteroatoms. The van der Waals surface area contributed by atoms with Crippen molar-refractivity contribution >= 4 is 0 Å². The van der Waals surface area contributed by atoms with Gasteiger partial charge in [-0.3, -0.25) is 0 Å². The first-order valence-corrected chi connectivity index (χ1v) is 7.22. The predicted molar refractivity (Wildman–Crippen MR) is 70.8 cm³/mol. The lowest BCUT2D eigenvalue weighted by molar-refractivity contribution is -0.0306. The van der Waals surface area contributed by atoms with Crippen LogP contribution in [-0.4, -0.2) is 28.5 Å². The van der Waals surface area contributed by atoms with Gasteiger partial charge in [0.25, 0.3) is 0 Å². The van der Waals surface area contributed by atoms with Crippen LogP contribution < -0.4 is 0 Å². The Labute approximate surface area is 114 Å². The second kappa shape index (κ2) is 6.01. The van der Waals surface area contributed by atoms with Gasteiger partial charge in [-0.05, 0) is 38.5 Å². The average Bonchev–Trinajstić information content (AvgIpc) is 2.93. The summed E-state index contributed by atoms with van der Waals surface area (Å²) in [5, 5.41) is 13.7. The fourth-order valence-electron chi connectivity index (χ4n) is 2.86. The van der Waals surface area contributed by atoms with Crippen LogP contribution >= 0.6 is 0 Å². The third-order valence-corrected chi connectivity index (χ3v) is 4.43. The van der Waals surface area contributed by atoms with Crippen LogP contribution in [0.25, 0.3) is 0 Å². The maximum Gasteiger partial charge on any atom is 0.229 e. The first-order chi connectivity index (χ1) is 9.15. The van der Waals surface area contributed by atoms with Gasteiger partial charge in [-0.15, -0.1) is 0 Å². The van der Waals surface area contributed by atoms with Gasteiger partial charge in [-0.2, -0.15) is 4.98 Å². The molecular weight excluding hydrogens is 244 g/mol. The van der Waals surface area contributed by atoms with Crippen LogP contribution in [0.15, 0.2) is 4.52 Å². The van der Waals surface area contributed by atoms with Crippen LogP contribution in [-0.2, 0) is 10.3 Å². The smallest absolute Gasteiger partial charge is 0.229 e. The first kappa shape index (κ1) is 14.5. The standard InChI is InChI=1S/C14H24N2O3/c1-4-14(5-2,18-3)13-15-12(19-16-13)10-6-8-11(17)9-7-10/h10-11,17H,4-9H2,1-3H3. The molecule has 0 radical (unpaired) electrons. The van der Waals surface area contributed by atoms with Crippen molar-refractivity contribution in [2.24, 2.45) is 0 Å². The molecule has 1 aliphatic carbocycles. The Bertz CT molecular complexity index is 385. The Morgan fingerprint density at radius 2 is 1.89 bits per heavy atom. The van der Waals surface area contributed by atoms with Crippen molar-refractivity contribution in [2.45, 2.75) is 70.0 Å². The third-order valence-electron chi connectivity index (χ3n) is 4.43. The molecule has 0 aromatic carbocycles. The molecule has 108 valence electrons. The summed E-state index contributed by atoms with van der Waals surface area (Å²) < 4.78 is 11.0. The molecule has 0 atom stereocenters. The Morgan fingerprint density at radius 1 is 1.26 bits per heavy atom. The lowest BCUT2D eigenvalue weighted by atomic mass is 9.87. The van der Waals surface area contributed by atoms with Crippen molar-refractivity contribution < 1.29 is 14.4 Å². The fraction of sp³-hybridized carbons (Fsp3) is 0.857. The maximum atomic E-state index is 9.54. The molecule has 1 aliphatic rings. The number of nitrogens with zero attached hydrogens (tertiary/aromatic N) is 2. The molecule has 1 saturated carbocycles. The van der Waals surface area contributed by atoms with Gasteiger partial charge in [0.1, 0.15) is 5.60 Å². The molecule has 1 heterocycles. The van der Waals surface area contributed by atoms with E-state index in [1.54, 1.807) is 7.11 Å². The van der Waals surface area contributed by atoms with Crippen molar-refractivity contribution in [3.05, 3.63) is 11.7 Å². The minimum absolute atomic E-state index is 0.164. The molecule has 1 N–H and O–H groups in total. The highest BCUT2D eigenvalue weighted by Gasteiger charge is 2.35. The molecule has 0 unspecified atom stereocenters. The molecule has 0 spiro atoms. The highest BCUT2D eigenvalue weighted by Crippen LogP contribution is 2.35. The molecule has 2 rings (SSSR count). The van der Waals surface area contributed by atoms with E-state index >= 15 is 0 Å². The van der Waals surface area contributed by atoms with E-state index in [-0.39, 0.29) is 12.0 Å². The summed E-state index contributed by atoms with van der Waals surface area (Å²) in [5.74, 6) is 1.64. The highest BCUT2D eigenvalue weighted by atomic mass is 16.5. The summed E-state index contributed by atoms with van der Waals surface area (Å²) in [6, 6.07) is 0. The van der Waals surface area contributed by atoms with E-state index < -0.39 is 5.60 Å².